The molecule has 1 amide bonds. The van der Waals surface area contributed by atoms with Crippen LogP contribution in [0.2, 0.25) is 10.0 Å². The first-order chi connectivity index (χ1) is 9.04. The van der Waals surface area contributed by atoms with Crippen LogP contribution in [0.15, 0.2) is 6.20 Å². The van der Waals surface area contributed by atoms with Crippen molar-refractivity contribution in [2.75, 3.05) is 19.7 Å². The molecule has 19 heavy (non-hydrogen) atoms. The summed E-state index contributed by atoms with van der Waals surface area (Å²) in [5.74, 6) is 0.148. The number of rotatable bonds is 2. The Morgan fingerprint density at radius 1 is 1.42 bits per heavy atom. The summed E-state index contributed by atoms with van der Waals surface area (Å²) in [6.45, 7) is 3.19. The van der Waals surface area contributed by atoms with Crippen molar-refractivity contribution >= 4 is 29.1 Å². The van der Waals surface area contributed by atoms with Crippen molar-refractivity contribution in [2.45, 2.75) is 19.8 Å². The van der Waals surface area contributed by atoms with Gasteiger partial charge in [-0.1, -0.05) is 23.2 Å². The van der Waals surface area contributed by atoms with Crippen LogP contribution >= 0.6 is 23.2 Å². The summed E-state index contributed by atoms with van der Waals surface area (Å²) in [6, 6.07) is 0. The summed E-state index contributed by atoms with van der Waals surface area (Å²) in [6.07, 6.45) is 3.10. The number of likely N-dealkylation sites (tertiary alicyclic amines) is 1. The number of nitrogens with zero attached hydrogens (tertiary/aromatic N) is 2. The number of hydrogen-bond acceptors (Lipinski definition) is 3. The normalized spacial score (nSPS) is 16.7. The Morgan fingerprint density at radius 3 is 2.63 bits per heavy atom. The summed E-state index contributed by atoms with van der Waals surface area (Å²) >= 11 is 12.1. The molecule has 1 aromatic heterocycles. The smallest absolute Gasteiger partial charge is 0.256 e. The molecule has 0 atom stereocenters. The highest BCUT2D eigenvalue weighted by Gasteiger charge is 2.25. The molecule has 0 unspecified atom stereocenters. The maximum atomic E-state index is 12.4. The first kappa shape index (κ1) is 14.6. The molecule has 0 bridgehead atoms. The zero-order valence-corrected chi connectivity index (χ0v) is 12.2. The van der Waals surface area contributed by atoms with Gasteiger partial charge < -0.3 is 10.0 Å². The van der Waals surface area contributed by atoms with E-state index in [2.05, 4.69) is 4.98 Å². The molecular formula is C13H16Cl2N2O2. The molecular weight excluding hydrogens is 287 g/mol. The van der Waals surface area contributed by atoms with Crippen molar-refractivity contribution in [2.24, 2.45) is 5.92 Å². The number of amides is 1. The van der Waals surface area contributed by atoms with E-state index in [0.29, 0.717) is 35.3 Å². The van der Waals surface area contributed by atoms with E-state index in [1.54, 1.807) is 11.8 Å². The Hall–Kier alpha value is -0.840. The van der Waals surface area contributed by atoms with Gasteiger partial charge in [0.15, 0.2) is 0 Å². The number of carbonyl (C=O) groups excluding carboxylic acids is 1. The second-order valence-corrected chi connectivity index (χ2v) is 5.56. The summed E-state index contributed by atoms with van der Waals surface area (Å²) in [7, 11) is 0. The average Bonchev–Trinajstić information content (AvgIpc) is 2.44. The van der Waals surface area contributed by atoms with Crippen molar-refractivity contribution in [3.05, 3.63) is 27.5 Å². The van der Waals surface area contributed by atoms with Crippen LogP contribution in [0.25, 0.3) is 0 Å². The SMILES string of the molecule is Cc1ncc(C(=O)N2CCC(CO)CC2)c(Cl)c1Cl. The highest BCUT2D eigenvalue weighted by atomic mass is 35.5. The molecule has 1 aromatic rings. The van der Waals surface area contributed by atoms with Gasteiger partial charge in [0.05, 0.1) is 21.3 Å². The van der Waals surface area contributed by atoms with Crippen molar-refractivity contribution in [3.63, 3.8) is 0 Å². The topological polar surface area (TPSA) is 53.4 Å². The highest BCUT2D eigenvalue weighted by molar-refractivity contribution is 6.44. The minimum absolute atomic E-state index is 0.143. The van der Waals surface area contributed by atoms with Gasteiger partial charge in [0.1, 0.15) is 0 Å². The predicted octanol–water partition coefficient (Wildman–Crippen LogP) is 2.54. The maximum absolute atomic E-state index is 12.4. The van der Waals surface area contributed by atoms with E-state index in [9.17, 15) is 4.79 Å². The van der Waals surface area contributed by atoms with Crippen LogP contribution in [-0.2, 0) is 0 Å². The van der Waals surface area contributed by atoms with Gasteiger partial charge in [-0.2, -0.15) is 0 Å². The lowest BCUT2D eigenvalue weighted by molar-refractivity contribution is 0.0650. The van der Waals surface area contributed by atoms with Gasteiger partial charge in [-0.25, -0.2) is 0 Å². The van der Waals surface area contributed by atoms with Crippen LogP contribution in [0.3, 0.4) is 0 Å². The van der Waals surface area contributed by atoms with E-state index in [1.807, 2.05) is 0 Å². The van der Waals surface area contributed by atoms with Crippen LogP contribution < -0.4 is 0 Å². The number of piperidine rings is 1. The molecule has 6 heteroatoms. The van der Waals surface area contributed by atoms with E-state index < -0.39 is 0 Å². The Kier molecular flexibility index (Phi) is 4.66. The maximum Gasteiger partial charge on any atom is 0.256 e. The molecule has 0 radical (unpaired) electrons. The Morgan fingerprint density at radius 2 is 2.05 bits per heavy atom. The lowest BCUT2D eigenvalue weighted by Gasteiger charge is -2.31. The van der Waals surface area contributed by atoms with Crippen LogP contribution in [-0.4, -0.2) is 40.6 Å². The zero-order chi connectivity index (χ0) is 14.0. The van der Waals surface area contributed by atoms with Gasteiger partial charge in [-0.3, -0.25) is 9.78 Å². The minimum Gasteiger partial charge on any atom is -0.396 e. The number of aliphatic hydroxyl groups is 1. The first-order valence-corrected chi connectivity index (χ1v) is 7.01. The molecule has 0 aliphatic carbocycles. The fraction of sp³-hybridized carbons (Fsp3) is 0.538. The number of hydrogen-bond donors (Lipinski definition) is 1. The number of pyridine rings is 1. The van der Waals surface area contributed by atoms with Gasteiger partial charge >= 0.3 is 0 Å². The molecule has 4 nitrogen and oxygen atoms in total. The van der Waals surface area contributed by atoms with Gasteiger partial charge in [0.25, 0.3) is 5.91 Å². The molecule has 1 N–H and O–H groups in total. The molecule has 2 rings (SSSR count). The fourth-order valence-electron chi connectivity index (χ4n) is 2.19. The third-order valence-electron chi connectivity index (χ3n) is 3.52. The van der Waals surface area contributed by atoms with Gasteiger partial charge in [-0.15, -0.1) is 0 Å². The molecule has 1 aliphatic rings. The summed E-state index contributed by atoms with van der Waals surface area (Å²) in [5, 5.41) is 9.69. The van der Waals surface area contributed by atoms with E-state index >= 15 is 0 Å². The molecule has 1 fully saturated rings. The molecule has 2 heterocycles. The molecule has 104 valence electrons. The Bertz CT molecular complexity index is 486. The van der Waals surface area contributed by atoms with Gasteiger partial charge in [-0.05, 0) is 25.7 Å². The highest BCUT2D eigenvalue weighted by Crippen LogP contribution is 2.29. The second-order valence-electron chi connectivity index (χ2n) is 4.80. The van der Waals surface area contributed by atoms with Crippen LogP contribution in [0.4, 0.5) is 0 Å². The van der Waals surface area contributed by atoms with Crippen LogP contribution in [0, 0.1) is 12.8 Å². The van der Waals surface area contributed by atoms with Crippen molar-refractivity contribution in [1.82, 2.24) is 9.88 Å². The predicted molar refractivity (Wildman–Crippen MR) is 74.7 cm³/mol. The number of carbonyl (C=O) groups is 1. The minimum atomic E-state index is -0.143. The van der Waals surface area contributed by atoms with E-state index in [1.165, 1.54) is 6.20 Å². The number of aliphatic hydroxyl groups excluding tert-OH is 1. The lowest BCUT2D eigenvalue weighted by atomic mass is 9.97. The van der Waals surface area contributed by atoms with Crippen LogP contribution in [0.5, 0.6) is 0 Å². The molecule has 0 saturated carbocycles. The summed E-state index contributed by atoms with van der Waals surface area (Å²) in [4.78, 5) is 18.2. The quantitative estimate of drug-likeness (QED) is 0.913. The zero-order valence-electron chi connectivity index (χ0n) is 10.7. The monoisotopic (exact) mass is 302 g/mol. The average molecular weight is 303 g/mol. The fourth-order valence-corrected chi connectivity index (χ4v) is 2.61. The van der Waals surface area contributed by atoms with Gasteiger partial charge in [0, 0.05) is 25.9 Å². The number of halogens is 2. The summed E-state index contributed by atoms with van der Waals surface area (Å²) < 4.78 is 0. The Labute approximate surface area is 122 Å². The van der Waals surface area contributed by atoms with Crippen molar-refractivity contribution in [3.8, 4) is 0 Å². The molecule has 1 aliphatic heterocycles. The second kappa shape index (κ2) is 6.07. The van der Waals surface area contributed by atoms with E-state index in [4.69, 9.17) is 28.3 Å². The van der Waals surface area contributed by atoms with E-state index in [-0.39, 0.29) is 17.5 Å². The molecule has 0 spiro atoms. The third kappa shape index (κ3) is 3.02. The standard InChI is InChI=1S/C13H16Cl2N2O2/c1-8-11(14)12(15)10(6-16-8)13(19)17-4-2-9(7-18)3-5-17/h6,9,18H,2-5,7H2,1H3. The first-order valence-electron chi connectivity index (χ1n) is 6.25. The number of aromatic nitrogens is 1. The van der Waals surface area contributed by atoms with E-state index in [0.717, 1.165) is 12.8 Å². The largest absolute Gasteiger partial charge is 0.396 e. The van der Waals surface area contributed by atoms with Crippen LogP contribution in [0.1, 0.15) is 28.9 Å². The van der Waals surface area contributed by atoms with Crippen molar-refractivity contribution in [1.29, 1.82) is 0 Å². The third-order valence-corrected chi connectivity index (χ3v) is 4.48. The van der Waals surface area contributed by atoms with Gasteiger partial charge in [0.2, 0.25) is 0 Å². The lowest BCUT2D eigenvalue weighted by Crippen LogP contribution is -2.39. The molecule has 0 aromatic carbocycles. The number of aryl methyl sites for hydroxylation is 1. The van der Waals surface area contributed by atoms with Crippen molar-refractivity contribution < 1.29 is 9.90 Å². The Balaban J connectivity index is 2.15. The summed E-state index contributed by atoms with van der Waals surface area (Å²) in [5.41, 5.74) is 0.960. The molecule has 1 saturated heterocycles.